The fraction of sp³-hybridized carbons (Fsp3) is 1.00. The van der Waals surface area contributed by atoms with Gasteiger partial charge in [-0.05, 0) is 52.1 Å². The summed E-state index contributed by atoms with van der Waals surface area (Å²) < 4.78 is 35.3. The van der Waals surface area contributed by atoms with E-state index >= 15 is 0 Å². The molecule has 6 nitrogen and oxygen atoms in total. The Balaban J connectivity index is 1.98. The van der Waals surface area contributed by atoms with Crippen LogP contribution < -0.4 is 10.0 Å². The molecule has 3 unspecified atom stereocenters. The molecule has 3 atom stereocenters. The molecule has 0 amide bonds. The Bertz CT molecular complexity index is 443. The number of hydrogen-bond donors (Lipinski definition) is 2. The predicted octanol–water partition coefficient (Wildman–Crippen LogP) is 0.710. The molecule has 0 radical (unpaired) electrons. The Labute approximate surface area is 128 Å². The zero-order valence-electron chi connectivity index (χ0n) is 13.4. The van der Waals surface area contributed by atoms with E-state index in [1.54, 1.807) is 4.31 Å². The van der Waals surface area contributed by atoms with E-state index in [0.29, 0.717) is 25.6 Å². The number of piperidine rings is 1. The summed E-state index contributed by atoms with van der Waals surface area (Å²) in [6.07, 6.45) is 2.66. The first-order chi connectivity index (χ1) is 9.87. The average molecular weight is 319 g/mol. The lowest BCUT2D eigenvalue weighted by atomic mass is 9.97. The first-order valence-corrected chi connectivity index (χ1v) is 9.43. The van der Waals surface area contributed by atoms with Crippen molar-refractivity contribution in [1.29, 1.82) is 0 Å². The van der Waals surface area contributed by atoms with E-state index in [0.717, 1.165) is 32.4 Å². The van der Waals surface area contributed by atoms with Crippen molar-refractivity contribution in [2.75, 3.05) is 32.8 Å². The standard InChI is InChI=1S/C14H29N3O3S/c1-4-15-10-13-6-5-8-17(11-13)21(18,19)16-14(3)7-9-20-12(14)2/h12-13,15-16H,4-11H2,1-3H3. The zero-order chi connectivity index (χ0) is 15.5. The van der Waals surface area contributed by atoms with Gasteiger partial charge in [0.2, 0.25) is 0 Å². The first-order valence-electron chi connectivity index (χ1n) is 7.99. The summed E-state index contributed by atoms with van der Waals surface area (Å²) in [5, 5.41) is 3.32. The summed E-state index contributed by atoms with van der Waals surface area (Å²) in [4.78, 5) is 0. The minimum Gasteiger partial charge on any atom is -0.376 e. The highest BCUT2D eigenvalue weighted by molar-refractivity contribution is 7.87. The lowest BCUT2D eigenvalue weighted by molar-refractivity contribution is 0.0948. The molecule has 0 aromatic carbocycles. The molecule has 0 bridgehead atoms. The van der Waals surface area contributed by atoms with Crippen molar-refractivity contribution >= 4 is 10.2 Å². The monoisotopic (exact) mass is 319 g/mol. The van der Waals surface area contributed by atoms with Gasteiger partial charge in [-0.1, -0.05) is 6.92 Å². The molecule has 21 heavy (non-hydrogen) atoms. The van der Waals surface area contributed by atoms with Crippen LogP contribution in [-0.4, -0.2) is 57.2 Å². The third kappa shape index (κ3) is 4.16. The largest absolute Gasteiger partial charge is 0.376 e. The molecule has 0 spiro atoms. The highest BCUT2D eigenvalue weighted by Gasteiger charge is 2.42. The quantitative estimate of drug-likeness (QED) is 0.756. The molecule has 2 heterocycles. The second kappa shape index (κ2) is 6.91. The molecule has 2 N–H and O–H groups in total. The summed E-state index contributed by atoms with van der Waals surface area (Å²) in [5.74, 6) is 0.403. The molecule has 0 saturated carbocycles. The van der Waals surface area contributed by atoms with Gasteiger partial charge in [-0.2, -0.15) is 17.4 Å². The van der Waals surface area contributed by atoms with Crippen LogP contribution in [0.15, 0.2) is 0 Å². The molecule has 2 aliphatic rings. The molecule has 0 aromatic rings. The van der Waals surface area contributed by atoms with E-state index in [4.69, 9.17) is 4.74 Å². The fourth-order valence-electron chi connectivity index (χ4n) is 3.09. The van der Waals surface area contributed by atoms with Crippen LogP contribution in [0.4, 0.5) is 0 Å². The Morgan fingerprint density at radius 3 is 2.81 bits per heavy atom. The molecule has 0 aliphatic carbocycles. The van der Waals surface area contributed by atoms with Crippen LogP contribution in [0.25, 0.3) is 0 Å². The van der Waals surface area contributed by atoms with Crippen LogP contribution in [0, 0.1) is 5.92 Å². The summed E-state index contributed by atoms with van der Waals surface area (Å²) in [5.41, 5.74) is -0.493. The highest BCUT2D eigenvalue weighted by Crippen LogP contribution is 2.27. The Morgan fingerprint density at radius 2 is 2.19 bits per heavy atom. The van der Waals surface area contributed by atoms with E-state index in [1.807, 2.05) is 13.8 Å². The smallest absolute Gasteiger partial charge is 0.280 e. The SMILES string of the molecule is CCNCC1CCCN(S(=O)(=O)NC2(C)CCOC2C)C1. The summed E-state index contributed by atoms with van der Waals surface area (Å²) >= 11 is 0. The average Bonchev–Trinajstić information content (AvgIpc) is 2.75. The van der Waals surface area contributed by atoms with Crippen LogP contribution >= 0.6 is 0 Å². The van der Waals surface area contributed by atoms with E-state index < -0.39 is 15.7 Å². The molecular formula is C14H29N3O3S. The van der Waals surface area contributed by atoms with Gasteiger partial charge in [-0.15, -0.1) is 0 Å². The third-order valence-corrected chi connectivity index (χ3v) is 6.49. The van der Waals surface area contributed by atoms with Gasteiger partial charge in [0.1, 0.15) is 0 Å². The van der Waals surface area contributed by atoms with E-state index in [1.165, 1.54) is 0 Å². The van der Waals surface area contributed by atoms with Crippen molar-refractivity contribution in [3.63, 3.8) is 0 Å². The zero-order valence-corrected chi connectivity index (χ0v) is 14.2. The van der Waals surface area contributed by atoms with Crippen LogP contribution in [0.3, 0.4) is 0 Å². The van der Waals surface area contributed by atoms with Gasteiger partial charge in [0.05, 0.1) is 11.6 Å². The van der Waals surface area contributed by atoms with Gasteiger partial charge in [-0.25, -0.2) is 0 Å². The van der Waals surface area contributed by atoms with Crippen LogP contribution in [0.2, 0.25) is 0 Å². The number of rotatable bonds is 6. The minimum absolute atomic E-state index is 0.0883. The van der Waals surface area contributed by atoms with Crippen molar-refractivity contribution in [2.45, 2.75) is 51.7 Å². The maximum absolute atomic E-state index is 12.7. The van der Waals surface area contributed by atoms with Gasteiger partial charge in [0, 0.05) is 19.7 Å². The summed E-state index contributed by atoms with van der Waals surface area (Å²) in [6, 6.07) is 0. The maximum Gasteiger partial charge on any atom is 0.280 e. The van der Waals surface area contributed by atoms with E-state index in [2.05, 4.69) is 17.0 Å². The van der Waals surface area contributed by atoms with E-state index in [9.17, 15) is 8.42 Å². The molecule has 2 saturated heterocycles. The molecule has 7 heteroatoms. The Kier molecular flexibility index (Phi) is 5.65. The van der Waals surface area contributed by atoms with Crippen molar-refractivity contribution in [3.05, 3.63) is 0 Å². The van der Waals surface area contributed by atoms with E-state index in [-0.39, 0.29) is 6.10 Å². The van der Waals surface area contributed by atoms with Crippen molar-refractivity contribution in [1.82, 2.24) is 14.3 Å². The second-order valence-electron chi connectivity index (χ2n) is 6.46. The number of hydrogen-bond acceptors (Lipinski definition) is 4. The second-order valence-corrected chi connectivity index (χ2v) is 8.13. The molecule has 2 fully saturated rings. The topological polar surface area (TPSA) is 70.7 Å². The highest BCUT2D eigenvalue weighted by atomic mass is 32.2. The summed E-state index contributed by atoms with van der Waals surface area (Å²) in [7, 11) is -3.44. The van der Waals surface area contributed by atoms with Gasteiger partial charge in [0.25, 0.3) is 10.2 Å². The van der Waals surface area contributed by atoms with Crippen molar-refractivity contribution in [3.8, 4) is 0 Å². The molecular weight excluding hydrogens is 290 g/mol. The number of nitrogens with zero attached hydrogens (tertiary/aromatic N) is 1. The number of nitrogens with one attached hydrogen (secondary N) is 2. The number of ether oxygens (including phenoxy) is 1. The third-order valence-electron chi connectivity index (χ3n) is 4.75. The molecule has 2 rings (SSSR count). The van der Waals surface area contributed by atoms with Crippen molar-refractivity contribution < 1.29 is 13.2 Å². The molecule has 124 valence electrons. The minimum atomic E-state index is -3.44. The fourth-order valence-corrected chi connectivity index (χ4v) is 4.85. The normalized spacial score (nSPS) is 35.2. The van der Waals surface area contributed by atoms with Crippen LogP contribution in [0.1, 0.15) is 40.0 Å². The van der Waals surface area contributed by atoms with Crippen molar-refractivity contribution in [2.24, 2.45) is 5.92 Å². The lowest BCUT2D eigenvalue weighted by Gasteiger charge is -2.36. The summed E-state index contributed by atoms with van der Waals surface area (Å²) in [6.45, 7) is 9.58. The first kappa shape index (κ1) is 17.1. The predicted molar refractivity (Wildman–Crippen MR) is 83.3 cm³/mol. The van der Waals surface area contributed by atoms with Crippen LogP contribution in [-0.2, 0) is 14.9 Å². The van der Waals surface area contributed by atoms with Gasteiger partial charge >= 0.3 is 0 Å². The Morgan fingerprint density at radius 1 is 1.43 bits per heavy atom. The van der Waals surface area contributed by atoms with Crippen LogP contribution in [0.5, 0.6) is 0 Å². The van der Waals surface area contributed by atoms with Gasteiger partial charge < -0.3 is 10.1 Å². The molecule has 2 aliphatic heterocycles. The lowest BCUT2D eigenvalue weighted by Crippen LogP contribution is -2.57. The maximum atomic E-state index is 12.7. The Hall–Kier alpha value is -0.210. The van der Waals surface area contributed by atoms with Gasteiger partial charge in [0.15, 0.2) is 0 Å². The molecule has 0 aromatic heterocycles. The van der Waals surface area contributed by atoms with Gasteiger partial charge in [-0.3, -0.25) is 0 Å².